The Kier molecular flexibility index (Phi) is 1.82. The number of pyridine rings is 1. The van der Waals surface area contributed by atoms with Crippen molar-refractivity contribution in [2.24, 2.45) is 5.73 Å². The van der Waals surface area contributed by atoms with Crippen LogP contribution in [0.5, 0.6) is 0 Å². The lowest BCUT2D eigenvalue weighted by Gasteiger charge is -2.42. The molecule has 2 rings (SSSR count). The molecule has 0 aliphatic heterocycles. The van der Waals surface area contributed by atoms with Gasteiger partial charge in [0.25, 0.3) is 0 Å². The highest BCUT2D eigenvalue weighted by Gasteiger charge is 2.42. The molecule has 0 bridgehead atoms. The monoisotopic (exact) mass is 182 g/mol. The number of hydrogen-bond acceptors (Lipinski definition) is 3. The Morgan fingerprint density at radius 2 is 2.31 bits per heavy atom. The molecule has 0 atom stereocenters. The molecule has 4 heteroatoms. The van der Waals surface area contributed by atoms with Gasteiger partial charge in [0.2, 0.25) is 0 Å². The zero-order valence-electron chi connectivity index (χ0n) is 7.07. The fraction of sp³-hybridized carbons (Fsp3) is 0.444. The maximum atomic E-state index is 13.2. The first-order valence-electron chi connectivity index (χ1n) is 4.19. The van der Waals surface area contributed by atoms with E-state index < -0.39 is 17.5 Å². The Hall–Kier alpha value is -1.00. The molecule has 1 aromatic rings. The number of nitrogens with zero attached hydrogens (tertiary/aromatic N) is 1. The van der Waals surface area contributed by atoms with E-state index in [2.05, 4.69) is 4.98 Å². The quantitative estimate of drug-likeness (QED) is 0.666. The third-order valence-corrected chi connectivity index (χ3v) is 2.51. The second-order valence-corrected chi connectivity index (χ2v) is 3.57. The van der Waals surface area contributed by atoms with E-state index in [0.29, 0.717) is 18.4 Å². The van der Waals surface area contributed by atoms with Crippen LogP contribution in [0, 0.1) is 5.82 Å². The average Bonchev–Trinajstić information content (AvgIpc) is 2.02. The van der Waals surface area contributed by atoms with Crippen molar-refractivity contribution in [3.8, 4) is 0 Å². The van der Waals surface area contributed by atoms with Gasteiger partial charge in [-0.1, -0.05) is 0 Å². The van der Waals surface area contributed by atoms with Crippen LogP contribution in [0.1, 0.15) is 18.4 Å². The summed E-state index contributed by atoms with van der Waals surface area (Å²) < 4.78 is 13.2. The molecule has 1 aliphatic carbocycles. The van der Waals surface area contributed by atoms with Crippen molar-refractivity contribution in [1.29, 1.82) is 0 Å². The molecule has 3 N–H and O–H groups in total. The van der Waals surface area contributed by atoms with Gasteiger partial charge in [-0.3, -0.25) is 4.98 Å². The van der Waals surface area contributed by atoms with E-state index in [1.54, 1.807) is 6.07 Å². The number of aromatic nitrogens is 1. The first kappa shape index (κ1) is 8.59. The Morgan fingerprint density at radius 1 is 1.62 bits per heavy atom. The average molecular weight is 182 g/mol. The van der Waals surface area contributed by atoms with E-state index in [-0.39, 0.29) is 0 Å². The normalized spacial score (nSPS) is 32.7. The molecule has 13 heavy (non-hydrogen) atoms. The molecule has 0 spiro atoms. The largest absolute Gasteiger partial charge is 0.393 e. The topological polar surface area (TPSA) is 59.1 Å². The van der Waals surface area contributed by atoms with Gasteiger partial charge in [-0.25, -0.2) is 4.39 Å². The Balaban J connectivity index is 2.31. The summed E-state index contributed by atoms with van der Waals surface area (Å²) in [5, 5.41) is 9.12. The molecule has 0 radical (unpaired) electrons. The minimum Gasteiger partial charge on any atom is -0.393 e. The van der Waals surface area contributed by atoms with E-state index in [1.165, 1.54) is 6.20 Å². The molecule has 70 valence electrons. The minimum atomic E-state index is -0.688. The molecule has 1 fully saturated rings. The van der Waals surface area contributed by atoms with Crippen LogP contribution in [0.25, 0.3) is 0 Å². The summed E-state index contributed by atoms with van der Waals surface area (Å²) in [5.74, 6) is -0.392. The lowest BCUT2D eigenvalue weighted by Crippen LogP contribution is -2.52. The second kappa shape index (κ2) is 2.75. The van der Waals surface area contributed by atoms with Gasteiger partial charge in [-0.05, 0) is 18.9 Å². The molecule has 0 aromatic carbocycles. The number of rotatable bonds is 1. The lowest BCUT2D eigenvalue weighted by molar-refractivity contribution is 0.0192. The molecule has 1 heterocycles. The molecule has 1 aromatic heterocycles. The van der Waals surface area contributed by atoms with Gasteiger partial charge in [-0.15, -0.1) is 0 Å². The van der Waals surface area contributed by atoms with Gasteiger partial charge in [-0.2, -0.15) is 0 Å². The molecular weight excluding hydrogens is 171 g/mol. The van der Waals surface area contributed by atoms with Gasteiger partial charge >= 0.3 is 0 Å². The minimum absolute atomic E-state index is 0.391. The molecule has 0 unspecified atom stereocenters. The van der Waals surface area contributed by atoms with Gasteiger partial charge in [0.15, 0.2) is 0 Å². The summed E-state index contributed by atoms with van der Waals surface area (Å²) in [6.45, 7) is 0. The molecule has 0 amide bonds. The highest BCUT2D eigenvalue weighted by Crippen LogP contribution is 2.39. The van der Waals surface area contributed by atoms with E-state index >= 15 is 0 Å². The third-order valence-electron chi connectivity index (χ3n) is 2.51. The number of halogens is 1. The highest BCUT2D eigenvalue weighted by molar-refractivity contribution is 5.26. The molecular formula is C9H11FN2O. The van der Waals surface area contributed by atoms with Crippen LogP contribution in [0.3, 0.4) is 0 Å². The second-order valence-electron chi connectivity index (χ2n) is 3.57. The molecule has 3 nitrogen and oxygen atoms in total. The van der Waals surface area contributed by atoms with Crippen molar-refractivity contribution < 1.29 is 9.50 Å². The zero-order chi connectivity index (χ0) is 9.47. The first-order valence-corrected chi connectivity index (χ1v) is 4.19. The van der Waals surface area contributed by atoms with Gasteiger partial charge in [0, 0.05) is 17.3 Å². The fourth-order valence-electron chi connectivity index (χ4n) is 1.78. The summed E-state index contributed by atoms with van der Waals surface area (Å²) >= 11 is 0. The third kappa shape index (κ3) is 1.32. The maximum absolute atomic E-state index is 13.2. The van der Waals surface area contributed by atoms with Crippen molar-refractivity contribution in [2.45, 2.75) is 24.5 Å². The Morgan fingerprint density at radius 3 is 2.85 bits per heavy atom. The highest BCUT2D eigenvalue weighted by atomic mass is 19.1. The van der Waals surface area contributed by atoms with Gasteiger partial charge in [0.05, 0.1) is 12.3 Å². The van der Waals surface area contributed by atoms with Crippen LogP contribution >= 0.6 is 0 Å². The van der Waals surface area contributed by atoms with E-state index in [9.17, 15) is 4.39 Å². The van der Waals surface area contributed by atoms with Crippen molar-refractivity contribution in [3.05, 3.63) is 29.8 Å². The number of nitrogens with two attached hydrogens (primary N) is 1. The van der Waals surface area contributed by atoms with Crippen molar-refractivity contribution in [2.75, 3.05) is 0 Å². The zero-order valence-corrected chi connectivity index (χ0v) is 7.07. The van der Waals surface area contributed by atoms with Crippen LogP contribution in [-0.4, -0.2) is 16.2 Å². The predicted octanol–water partition coefficient (Wildman–Crippen LogP) is 0.529. The number of aliphatic hydroxyl groups excluding tert-OH is 1. The van der Waals surface area contributed by atoms with Crippen molar-refractivity contribution >= 4 is 0 Å². The Bertz CT molecular complexity index is 323. The molecule has 1 aliphatic rings. The fourth-order valence-corrected chi connectivity index (χ4v) is 1.78. The predicted molar refractivity (Wildman–Crippen MR) is 45.3 cm³/mol. The van der Waals surface area contributed by atoms with E-state index in [1.807, 2.05) is 0 Å². The SMILES string of the molecule is NC1(c2ccncc2F)CC(O)C1. The number of aliphatic hydroxyl groups is 1. The molecule has 1 saturated carbocycles. The lowest BCUT2D eigenvalue weighted by atomic mass is 9.71. The number of hydrogen-bond donors (Lipinski definition) is 2. The first-order chi connectivity index (χ1) is 6.12. The van der Waals surface area contributed by atoms with Crippen LogP contribution in [0.2, 0.25) is 0 Å². The van der Waals surface area contributed by atoms with Crippen LogP contribution in [-0.2, 0) is 5.54 Å². The molecule has 0 saturated heterocycles. The van der Waals surface area contributed by atoms with Crippen molar-refractivity contribution in [1.82, 2.24) is 4.98 Å². The van der Waals surface area contributed by atoms with Crippen LogP contribution in [0.15, 0.2) is 18.5 Å². The smallest absolute Gasteiger partial charge is 0.146 e. The van der Waals surface area contributed by atoms with Gasteiger partial charge in [0.1, 0.15) is 5.82 Å². The summed E-state index contributed by atoms with van der Waals surface area (Å²) in [7, 11) is 0. The van der Waals surface area contributed by atoms with Gasteiger partial charge < -0.3 is 10.8 Å². The Labute approximate surface area is 75.4 Å². The summed E-state index contributed by atoms with van der Waals surface area (Å²) in [6, 6.07) is 1.57. The van der Waals surface area contributed by atoms with Crippen LogP contribution in [0.4, 0.5) is 4.39 Å². The van der Waals surface area contributed by atoms with E-state index in [4.69, 9.17) is 10.8 Å². The standard InChI is InChI=1S/C9H11FN2O/c10-8-5-12-2-1-7(8)9(11)3-6(13)4-9/h1-2,5-6,13H,3-4,11H2. The summed E-state index contributed by atoms with van der Waals surface area (Å²) in [6.07, 6.45) is 3.12. The summed E-state index contributed by atoms with van der Waals surface area (Å²) in [4.78, 5) is 3.64. The van der Waals surface area contributed by atoms with E-state index in [0.717, 1.165) is 6.20 Å². The van der Waals surface area contributed by atoms with Crippen LogP contribution < -0.4 is 5.73 Å². The van der Waals surface area contributed by atoms with Crippen molar-refractivity contribution in [3.63, 3.8) is 0 Å². The maximum Gasteiger partial charge on any atom is 0.146 e. The summed E-state index contributed by atoms with van der Waals surface area (Å²) in [5.41, 5.74) is 5.65.